The van der Waals surface area contributed by atoms with Crippen molar-refractivity contribution in [3.63, 3.8) is 0 Å². The van der Waals surface area contributed by atoms with E-state index < -0.39 is 0 Å². The first kappa shape index (κ1) is 11.2. The summed E-state index contributed by atoms with van der Waals surface area (Å²) in [7, 11) is 0. The number of nitrogens with two attached hydrogens (primary N) is 1. The first-order chi connectivity index (χ1) is 7.65. The van der Waals surface area contributed by atoms with Crippen molar-refractivity contribution in [2.45, 2.75) is 26.8 Å². The van der Waals surface area contributed by atoms with E-state index in [1.807, 2.05) is 6.92 Å². The topological polar surface area (TPSA) is 29.3 Å². The molecule has 0 aliphatic carbocycles. The fraction of sp³-hybridized carbons (Fsp3) is 0.429. The summed E-state index contributed by atoms with van der Waals surface area (Å²) in [5.74, 6) is 0. The lowest BCUT2D eigenvalue weighted by molar-refractivity contribution is 0.282. The largest absolute Gasteiger partial charge is 0.399 e. The van der Waals surface area contributed by atoms with Gasteiger partial charge in [-0.05, 0) is 37.5 Å². The molecule has 0 aromatic heterocycles. The van der Waals surface area contributed by atoms with Gasteiger partial charge in [0.15, 0.2) is 0 Å². The Balaban J connectivity index is 2.04. The van der Waals surface area contributed by atoms with Gasteiger partial charge in [0.2, 0.25) is 0 Å². The lowest BCUT2D eigenvalue weighted by Gasteiger charge is -2.26. The van der Waals surface area contributed by atoms with Crippen molar-refractivity contribution in [1.82, 2.24) is 4.90 Å². The lowest BCUT2D eigenvalue weighted by atomic mass is 10.1. The number of hydrogen-bond donors (Lipinski definition) is 1. The van der Waals surface area contributed by atoms with Crippen LogP contribution in [0.3, 0.4) is 0 Å². The third-order valence-electron chi connectivity index (χ3n) is 3.16. The number of rotatable bonds is 2. The highest BCUT2D eigenvalue weighted by Crippen LogP contribution is 2.17. The van der Waals surface area contributed by atoms with Gasteiger partial charge in [0.1, 0.15) is 0 Å². The molecule has 1 heterocycles. The maximum atomic E-state index is 5.92. The first-order valence-corrected chi connectivity index (χ1v) is 5.88. The van der Waals surface area contributed by atoms with Crippen LogP contribution in [0, 0.1) is 6.92 Å². The maximum Gasteiger partial charge on any atom is 0.0346 e. The zero-order chi connectivity index (χ0) is 11.5. The summed E-state index contributed by atoms with van der Waals surface area (Å²) in [5, 5.41) is 0. The Kier molecular flexibility index (Phi) is 3.30. The number of aryl methyl sites for hydroxylation is 1. The summed E-state index contributed by atoms with van der Waals surface area (Å²) < 4.78 is 0. The van der Waals surface area contributed by atoms with E-state index in [1.54, 1.807) is 0 Å². The molecule has 0 fully saturated rings. The molecule has 0 spiro atoms. The van der Waals surface area contributed by atoms with Crippen molar-refractivity contribution >= 4 is 5.69 Å². The van der Waals surface area contributed by atoms with E-state index in [0.29, 0.717) is 0 Å². The van der Waals surface area contributed by atoms with Crippen LogP contribution in [-0.2, 0) is 6.54 Å². The van der Waals surface area contributed by atoms with Crippen LogP contribution < -0.4 is 5.73 Å². The Hall–Kier alpha value is -1.28. The molecule has 2 heteroatoms. The Morgan fingerprint density at radius 2 is 2.12 bits per heavy atom. The highest BCUT2D eigenvalue weighted by atomic mass is 15.1. The Morgan fingerprint density at radius 3 is 2.81 bits per heavy atom. The van der Waals surface area contributed by atoms with E-state index in [2.05, 4.69) is 36.1 Å². The number of anilines is 1. The van der Waals surface area contributed by atoms with Gasteiger partial charge in [-0.1, -0.05) is 23.8 Å². The minimum atomic E-state index is 0.904. The minimum absolute atomic E-state index is 0.904. The Bertz CT molecular complexity index is 407. The van der Waals surface area contributed by atoms with Crippen LogP contribution in [0.25, 0.3) is 0 Å². The van der Waals surface area contributed by atoms with Gasteiger partial charge in [-0.15, -0.1) is 0 Å². The first-order valence-electron chi connectivity index (χ1n) is 5.88. The van der Waals surface area contributed by atoms with Gasteiger partial charge >= 0.3 is 0 Å². The average Bonchev–Trinajstić information content (AvgIpc) is 2.24. The van der Waals surface area contributed by atoms with Crippen LogP contribution in [0.5, 0.6) is 0 Å². The molecule has 2 rings (SSSR count). The van der Waals surface area contributed by atoms with E-state index in [1.165, 1.54) is 23.1 Å². The smallest absolute Gasteiger partial charge is 0.0346 e. The zero-order valence-corrected chi connectivity index (χ0v) is 10.2. The molecular weight excluding hydrogens is 196 g/mol. The third kappa shape index (κ3) is 2.64. The van der Waals surface area contributed by atoms with Crippen molar-refractivity contribution in [3.05, 3.63) is 41.0 Å². The zero-order valence-electron chi connectivity index (χ0n) is 10.2. The molecule has 1 aromatic carbocycles. The molecule has 1 aliphatic rings. The van der Waals surface area contributed by atoms with Crippen molar-refractivity contribution in [2.24, 2.45) is 0 Å². The van der Waals surface area contributed by atoms with Crippen molar-refractivity contribution < 1.29 is 0 Å². The fourth-order valence-corrected chi connectivity index (χ4v) is 2.17. The summed E-state index contributed by atoms with van der Waals surface area (Å²) in [4.78, 5) is 2.47. The van der Waals surface area contributed by atoms with Crippen LogP contribution in [0.1, 0.15) is 24.5 Å². The van der Waals surface area contributed by atoms with Gasteiger partial charge in [0, 0.05) is 25.3 Å². The van der Waals surface area contributed by atoms with Gasteiger partial charge in [-0.25, -0.2) is 0 Å². The molecule has 2 nitrogen and oxygen atoms in total. The van der Waals surface area contributed by atoms with E-state index in [0.717, 1.165) is 25.3 Å². The molecule has 1 aromatic rings. The van der Waals surface area contributed by atoms with Crippen molar-refractivity contribution in [2.75, 3.05) is 18.8 Å². The van der Waals surface area contributed by atoms with Gasteiger partial charge in [-0.2, -0.15) is 0 Å². The predicted molar refractivity (Wildman–Crippen MR) is 69.2 cm³/mol. The van der Waals surface area contributed by atoms with Crippen LogP contribution in [0.4, 0.5) is 5.69 Å². The highest BCUT2D eigenvalue weighted by molar-refractivity contribution is 5.48. The van der Waals surface area contributed by atoms with E-state index in [9.17, 15) is 0 Å². The van der Waals surface area contributed by atoms with Crippen LogP contribution >= 0.6 is 0 Å². The molecule has 0 atom stereocenters. The molecule has 0 saturated carbocycles. The molecular formula is C14H20N2. The molecule has 0 unspecified atom stereocenters. The molecule has 2 N–H and O–H groups in total. The molecule has 86 valence electrons. The van der Waals surface area contributed by atoms with Crippen LogP contribution in [0.15, 0.2) is 29.8 Å². The van der Waals surface area contributed by atoms with E-state index >= 15 is 0 Å². The fourth-order valence-electron chi connectivity index (χ4n) is 2.17. The van der Waals surface area contributed by atoms with Crippen LogP contribution in [0.2, 0.25) is 0 Å². The van der Waals surface area contributed by atoms with Crippen LogP contribution in [-0.4, -0.2) is 18.0 Å². The Labute approximate surface area is 97.8 Å². The third-order valence-corrected chi connectivity index (χ3v) is 3.16. The second-order valence-corrected chi connectivity index (χ2v) is 4.74. The minimum Gasteiger partial charge on any atom is -0.399 e. The van der Waals surface area contributed by atoms with E-state index in [4.69, 9.17) is 5.73 Å². The highest BCUT2D eigenvalue weighted by Gasteiger charge is 2.10. The van der Waals surface area contributed by atoms with Gasteiger partial charge in [-0.3, -0.25) is 4.90 Å². The van der Waals surface area contributed by atoms with Gasteiger partial charge < -0.3 is 5.73 Å². The monoisotopic (exact) mass is 216 g/mol. The maximum absolute atomic E-state index is 5.92. The van der Waals surface area contributed by atoms with Crippen molar-refractivity contribution in [3.8, 4) is 0 Å². The Morgan fingerprint density at radius 1 is 1.31 bits per heavy atom. The number of benzene rings is 1. The molecule has 0 amide bonds. The molecule has 0 saturated heterocycles. The number of hydrogen-bond acceptors (Lipinski definition) is 2. The SMILES string of the molecule is CC1=CCCN(Cc2ccc(C)c(N)c2)C1. The van der Waals surface area contributed by atoms with Gasteiger partial charge in [0.25, 0.3) is 0 Å². The quantitative estimate of drug-likeness (QED) is 0.608. The van der Waals surface area contributed by atoms with E-state index in [-0.39, 0.29) is 0 Å². The second-order valence-electron chi connectivity index (χ2n) is 4.74. The number of nitrogens with zero attached hydrogens (tertiary/aromatic N) is 1. The molecule has 1 aliphatic heterocycles. The number of nitrogen functional groups attached to an aromatic ring is 1. The molecule has 0 radical (unpaired) electrons. The van der Waals surface area contributed by atoms with Crippen molar-refractivity contribution in [1.29, 1.82) is 0 Å². The molecule has 0 bridgehead atoms. The lowest BCUT2D eigenvalue weighted by Crippen LogP contribution is -2.28. The summed E-state index contributed by atoms with van der Waals surface area (Å²) >= 11 is 0. The summed E-state index contributed by atoms with van der Waals surface area (Å²) in [6.45, 7) is 7.51. The average molecular weight is 216 g/mol. The van der Waals surface area contributed by atoms with Gasteiger partial charge in [0.05, 0.1) is 0 Å². The molecule has 16 heavy (non-hydrogen) atoms. The summed E-state index contributed by atoms with van der Waals surface area (Å²) in [6.07, 6.45) is 3.51. The summed E-state index contributed by atoms with van der Waals surface area (Å²) in [6, 6.07) is 6.39. The predicted octanol–water partition coefficient (Wildman–Crippen LogP) is 2.73. The standard InChI is InChI=1S/C14H20N2/c1-11-4-3-7-16(9-11)10-13-6-5-12(2)14(15)8-13/h4-6,8H,3,7,9-10,15H2,1-2H3. The second kappa shape index (κ2) is 4.71. The summed E-state index contributed by atoms with van der Waals surface area (Å²) in [5.41, 5.74) is 10.8. The normalized spacial score (nSPS) is 17.2.